The minimum atomic E-state index is -0.373. The first-order valence-electron chi connectivity index (χ1n) is 9.38. The second kappa shape index (κ2) is 8.31. The van der Waals surface area contributed by atoms with Crippen LogP contribution in [-0.2, 0) is 17.6 Å². The van der Waals surface area contributed by atoms with Gasteiger partial charge in [0.1, 0.15) is 17.4 Å². The molecule has 1 atom stereocenters. The molecule has 2 aromatic carbocycles. The quantitative estimate of drug-likeness (QED) is 0.499. The number of fused-ring (bicyclic) bond motifs is 1. The van der Waals surface area contributed by atoms with Gasteiger partial charge in [-0.1, -0.05) is 36.0 Å². The van der Waals surface area contributed by atoms with E-state index in [1.54, 1.807) is 30.9 Å². The van der Waals surface area contributed by atoms with Crippen LogP contribution in [-0.4, -0.2) is 22.6 Å². The summed E-state index contributed by atoms with van der Waals surface area (Å²) in [4.78, 5) is 29.6. The fourth-order valence-corrected chi connectivity index (χ4v) is 4.43. The van der Waals surface area contributed by atoms with Gasteiger partial charge < -0.3 is 14.6 Å². The molecule has 0 spiro atoms. The molecule has 1 N–H and O–H groups in total. The maximum absolute atomic E-state index is 13.1. The molecule has 1 aromatic heterocycles. The van der Waals surface area contributed by atoms with Crippen molar-refractivity contribution in [1.82, 2.24) is 9.55 Å². The van der Waals surface area contributed by atoms with Crippen molar-refractivity contribution < 1.29 is 13.9 Å². The van der Waals surface area contributed by atoms with Crippen molar-refractivity contribution in [2.24, 2.45) is 7.05 Å². The molecule has 1 unspecified atom stereocenters. The van der Waals surface area contributed by atoms with Gasteiger partial charge in [0, 0.05) is 25.1 Å². The molecule has 1 aliphatic rings. The number of nitrogens with zero attached hydrogens (tertiary/aromatic N) is 2. The van der Waals surface area contributed by atoms with Gasteiger partial charge >= 0.3 is 0 Å². The van der Waals surface area contributed by atoms with Crippen LogP contribution < -0.4 is 15.6 Å². The van der Waals surface area contributed by atoms with Gasteiger partial charge in [-0.05, 0) is 35.4 Å². The summed E-state index contributed by atoms with van der Waals surface area (Å²) in [5, 5.41) is 3.32. The molecule has 154 valence electrons. The highest BCUT2D eigenvalue weighted by Crippen LogP contribution is 2.36. The molecule has 0 fully saturated rings. The molecule has 3 aromatic rings. The third kappa shape index (κ3) is 3.95. The van der Waals surface area contributed by atoms with E-state index in [1.165, 1.54) is 23.9 Å². The van der Waals surface area contributed by atoms with Crippen LogP contribution in [0.25, 0.3) is 0 Å². The van der Waals surface area contributed by atoms with E-state index in [4.69, 9.17) is 4.74 Å². The van der Waals surface area contributed by atoms with Gasteiger partial charge in [0.05, 0.1) is 12.7 Å². The van der Waals surface area contributed by atoms with Crippen molar-refractivity contribution in [3.05, 3.63) is 81.4 Å². The molecule has 6 nitrogen and oxygen atoms in total. The lowest BCUT2D eigenvalue weighted by molar-refractivity contribution is -0.116. The topological polar surface area (TPSA) is 73.2 Å². The highest BCUT2D eigenvalue weighted by molar-refractivity contribution is 7.98. The van der Waals surface area contributed by atoms with E-state index >= 15 is 0 Å². The average Bonchev–Trinajstić information content (AvgIpc) is 2.75. The molecule has 30 heavy (non-hydrogen) atoms. The molecular formula is C22H20FN3O3S. The number of rotatable bonds is 5. The molecule has 0 saturated heterocycles. The standard InChI is InChI=1S/C22H20FN3O3S/c1-26-20-19(17(11-18(27)24-20)14-5-9-16(29-2)10-6-14)21(28)25-22(26)30-12-13-3-7-15(23)8-4-13/h3-10,17H,11-12H2,1-2H3,(H,24,27). The monoisotopic (exact) mass is 425 g/mol. The van der Waals surface area contributed by atoms with Crippen LogP contribution in [0.3, 0.4) is 0 Å². The van der Waals surface area contributed by atoms with E-state index in [0.29, 0.717) is 28.0 Å². The Morgan fingerprint density at radius 2 is 1.87 bits per heavy atom. The molecule has 1 aliphatic heterocycles. The summed E-state index contributed by atoms with van der Waals surface area (Å²) in [6, 6.07) is 13.5. The SMILES string of the molecule is COc1ccc(C2CC(=O)Nc3c2c(=O)nc(SCc2ccc(F)cc2)n3C)cc1. The summed E-state index contributed by atoms with van der Waals surface area (Å²) in [5.74, 6) is 0.873. The Labute approximate surface area is 177 Å². The van der Waals surface area contributed by atoms with Gasteiger partial charge in [-0.2, -0.15) is 4.98 Å². The summed E-state index contributed by atoms with van der Waals surface area (Å²) in [7, 11) is 3.36. The number of carbonyl (C=O) groups excluding carboxylic acids is 1. The van der Waals surface area contributed by atoms with E-state index in [1.807, 2.05) is 24.3 Å². The lowest BCUT2D eigenvalue weighted by atomic mass is 9.87. The number of aromatic nitrogens is 2. The predicted octanol–water partition coefficient (Wildman–Crippen LogP) is 3.69. The van der Waals surface area contributed by atoms with Crippen LogP contribution >= 0.6 is 11.8 Å². The van der Waals surface area contributed by atoms with Gasteiger partial charge in [-0.25, -0.2) is 4.39 Å². The molecule has 1 amide bonds. The second-order valence-electron chi connectivity index (χ2n) is 7.01. The fraction of sp³-hybridized carbons (Fsp3) is 0.227. The van der Waals surface area contributed by atoms with Gasteiger partial charge in [-0.3, -0.25) is 9.59 Å². The zero-order valence-electron chi connectivity index (χ0n) is 16.5. The van der Waals surface area contributed by atoms with Crippen molar-refractivity contribution >= 4 is 23.5 Å². The zero-order chi connectivity index (χ0) is 21.3. The third-order valence-corrected chi connectivity index (χ3v) is 6.20. The summed E-state index contributed by atoms with van der Waals surface area (Å²) in [6.07, 6.45) is 0.179. The van der Waals surface area contributed by atoms with Crippen molar-refractivity contribution in [3.63, 3.8) is 0 Å². The molecule has 0 aliphatic carbocycles. The van der Waals surface area contributed by atoms with Crippen LogP contribution in [0.1, 0.15) is 29.0 Å². The van der Waals surface area contributed by atoms with Gasteiger partial charge in [0.2, 0.25) is 5.91 Å². The number of methoxy groups -OCH3 is 1. The highest BCUT2D eigenvalue weighted by atomic mass is 32.2. The normalized spacial score (nSPS) is 15.4. The van der Waals surface area contributed by atoms with Crippen LogP contribution in [0.15, 0.2) is 58.5 Å². The number of anilines is 1. The fourth-order valence-electron chi connectivity index (χ4n) is 3.51. The lowest BCUT2D eigenvalue weighted by Crippen LogP contribution is -2.33. The third-order valence-electron chi connectivity index (χ3n) is 5.10. The van der Waals surface area contributed by atoms with E-state index in [-0.39, 0.29) is 29.6 Å². The average molecular weight is 425 g/mol. The molecule has 0 radical (unpaired) electrons. The number of benzene rings is 2. The number of amides is 1. The molecule has 2 heterocycles. The van der Waals surface area contributed by atoms with Crippen molar-refractivity contribution in [2.75, 3.05) is 12.4 Å². The Bertz CT molecular complexity index is 1140. The highest BCUT2D eigenvalue weighted by Gasteiger charge is 2.32. The molecular weight excluding hydrogens is 405 g/mol. The smallest absolute Gasteiger partial charge is 0.279 e. The maximum Gasteiger partial charge on any atom is 0.279 e. The Kier molecular flexibility index (Phi) is 5.59. The number of carbonyl (C=O) groups is 1. The van der Waals surface area contributed by atoms with Gasteiger partial charge in [0.25, 0.3) is 5.56 Å². The number of nitrogens with one attached hydrogen (secondary N) is 1. The largest absolute Gasteiger partial charge is 0.497 e. The number of thioether (sulfide) groups is 1. The minimum absolute atomic E-state index is 0.154. The number of ether oxygens (including phenoxy) is 1. The summed E-state index contributed by atoms with van der Waals surface area (Å²) < 4.78 is 20.0. The number of hydrogen-bond donors (Lipinski definition) is 1. The zero-order valence-corrected chi connectivity index (χ0v) is 17.3. The Hall–Kier alpha value is -3.13. The predicted molar refractivity (Wildman–Crippen MR) is 114 cm³/mol. The van der Waals surface area contributed by atoms with Crippen molar-refractivity contribution in [3.8, 4) is 5.75 Å². The minimum Gasteiger partial charge on any atom is -0.497 e. The van der Waals surface area contributed by atoms with Crippen LogP contribution in [0, 0.1) is 5.82 Å². The van der Waals surface area contributed by atoms with Crippen LogP contribution in [0.4, 0.5) is 10.2 Å². The van der Waals surface area contributed by atoms with E-state index < -0.39 is 0 Å². The van der Waals surface area contributed by atoms with Crippen LogP contribution in [0.2, 0.25) is 0 Å². The van der Waals surface area contributed by atoms with E-state index in [2.05, 4.69) is 10.3 Å². The Morgan fingerprint density at radius 1 is 1.17 bits per heavy atom. The Balaban J connectivity index is 1.68. The maximum atomic E-state index is 13.1. The summed E-state index contributed by atoms with van der Waals surface area (Å²) in [6.45, 7) is 0. The number of hydrogen-bond acceptors (Lipinski definition) is 5. The first-order valence-corrected chi connectivity index (χ1v) is 10.4. The number of halogens is 1. The van der Waals surface area contributed by atoms with Gasteiger partial charge in [-0.15, -0.1) is 0 Å². The van der Waals surface area contributed by atoms with E-state index in [9.17, 15) is 14.0 Å². The summed E-state index contributed by atoms with van der Waals surface area (Å²) in [5.41, 5.74) is 1.89. The molecule has 0 bridgehead atoms. The van der Waals surface area contributed by atoms with Crippen molar-refractivity contribution in [2.45, 2.75) is 23.2 Å². The molecule has 4 rings (SSSR count). The Morgan fingerprint density at radius 3 is 2.53 bits per heavy atom. The van der Waals surface area contributed by atoms with Crippen LogP contribution in [0.5, 0.6) is 5.75 Å². The summed E-state index contributed by atoms with van der Waals surface area (Å²) >= 11 is 1.36. The first kappa shape index (κ1) is 20.2. The van der Waals surface area contributed by atoms with Crippen molar-refractivity contribution in [1.29, 1.82) is 0 Å². The van der Waals surface area contributed by atoms with Gasteiger partial charge in [0.15, 0.2) is 5.16 Å². The first-order chi connectivity index (χ1) is 14.5. The van der Waals surface area contributed by atoms with E-state index in [0.717, 1.165) is 11.1 Å². The lowest BCUT2D eigenvalue weighted by Gasteiger charge is -2.27. The second-order valence-corrected chi connectivity index (χ2v) is 7.96. The molecule has 8 heteroatoms. The molecule has 0 saturated carbocycles.